The number of carbonyl (C=O) groups excluding carboxylic acids is 1. The average Bonchev–Trinajstić information content (AvgIpc) is 2.38. The van der Waals surface area contributed by atoms with Crippen LogP contribution in [0.3, 0.4) is 0 Å². The van der Waals surface area contributed by atoms with Crippen LogP contribution in [-0.4, -0.2) is 17.2 Å². The van der Waals surface area contributed by atoms with Crippen molar-refractivity contribution in [3.63, 3.8) is 0 Å². The van der Waals surface area contributed by atoms with Crippen molar-refractivity contribution in [3.8, 4) is 0 Å². The summed E-state index contributed by atoms with van der Waals surface area (Å²) in [5, 5.41) is 9.36. The van der Waals surface area contributed by atoms with Gasteiger partial charge < -0.3 is 9.84 Å². The Hall–Kier alpha value is -1.35. The summed E-state index contributed by atoms with van der Waals surface area (Å²) in [4.78, 5) is 11.8. The first-order chi connectivity index (χ1) is 8.25. The van der Waals surface area contributed by atoms with Crippen LogP contribution >= 0.6 is 0 Å². The molecule has 1 fully saturated rings. The molecule has 0 bridgehead atoms. The fourth-order valence-electron chi connectivity index (χ4n) is 2.16. The van der Waals surface area contributed by atoms with Crippen molar-refractivity contribution in [2.45, 2.75) is 38.4 Å². The van der Waals surface area contributed by atoms with Crippen LogP contribution in [0.25, 0.3) is 0 Å². The molecule has 1 saturated carbocycles. The maximum Gasteiger partial charge on any atom is 0.309 e. The Labute approximate surface area is 101 Å². The minimum atomic E-state index is -0.229. The molecule has 1 aromatic rings. The minimum absolute atomic E-state index is 0.0258. The van der Waals surface area contributed by atoms with E-state index in [0.717, 1.165) is 18.4 Å². The highest BCUT2D eigenvalue weighted by Gasteiger charge is 2.26. The molecule has 1 aromatic carbocycles. The average molecular weight is 234 g/mol. The second kappa shape index (κ2) is 5.82. The standard InChI is InChI=1S/C14H18O3/c15-13-8-6-12(7-9-13)14(16)17-10-11-4-2-1-3-5-11/h1-5,12-13,15H,6-10H2. The number of aliphatic hydroxyl groups is 1. The van der Waals surface area contributed by atoms with Gasteiger partial charge in [-0.3, -0.25) is 4.79 Å². The van der Waals surface area contributed by atoms with Gasteiger partial charge in [0.15, 0.2) is 0 Å². The first-order valence-electron chi connectivity index (χ1n) is 6.14. The van der Waals surface area contributed by atoms with Gasteiger partial charge in [-0.25, -0.2) is 0 Å². The summed E-state index contributed by atoms with van der Waals surface area (Å²) in [7, 11) is 0. The molecular weight excluding hydrogens is 216 g/mol. The van der Waals surface area contributed by atoms with Crippen LogP contribution in [0.2, 0.25) is 0 Å². The van der Waals surface area contributed by atoms with E-state index in [0.29, 0.717) is 19.4 Å². The topological polar surface area (TPSA) is 46.5 Å². The zero-order valence-electron chi connectivity index (χ0n) is 9.84. The molecule has 1 aliphatic carbocycles. The highest BCUT2D eigenvalue weighted by molar-refractivity contribution is 5.72. The van der Waals surface area contributed by atoms with Gasteiger partial charge in [0.05, 0.1) is 12.0 Å². The lowest BCUT2D eigenvalue weighted by Gasteiger charge is -2.23. The second-order valence-corrected chi connectivity index (χ2v) is 4.60. The zero-order chi connectivity index (χ0) is 12.1. The SMILES string of the molecule is O=C(OCc1ccccc1)C1CCC(O)CC1. The summed E-state index contributed by atoms with van der Waals surface area (Å²) in [6, 6.07) is 9.68. The largest absolute Gasteiger partial charge is 0.461 e. The number of hydrogen-bond acceptors (Lipinski definition) is 3. The van der Waals surface area contributed by atoms with Crippen molar-refractivity contribution >= 4 is 5.97 Å². The van der Waals surface area contributed by atoms with E-state index in [-0.39, 0.29) is 18.0 Å². The van der Waals surface area contributed by atoms with Crippen LogP contribution in [0.4, 0.5) is 0 Å². The molecule has 0 atom stereocenters. The van der Waals surface area contributed by atoms with Gasteiger partial charge in [-0.15, -0.1) is 0 Å². The number of esters is 1. The van der Waals surface area contributed by atoms with E-state index < -0.39 is 0 Å². The number of benzene rings is 1. The van der Waals surface area contributed by atoms with E-state index in [4.69, 9.17) is 4.74 Å². The molecule has 0 aromatic heterocycles. The van der Waals surface area contributed by atoms with Crippen LogP contribution in [-0.2, 0) is 16.1 Å². The second-order valence-electron chi connectivity index (χ2n) is 4.60. The smallest absolute Gasteiger partial charge is 0.309 e. The Morgan fingerprint density at radius 1 is 1.18 bits per heavy atom. The molecule has 0 amide bonds. The Morgan fingerprint density at radius 3 is 2.47 bits per heavy atom. The predicted molar refractivity (Wildman–Crippen MR) is 64.2 cm³/mol. The normalized spacial score (nSPS) is 24.3. The van der Waals surface area contributed by atoms with E-state index in [1.54, 1.807) is 0 Å². The zero-order valence-corrected chi connectivity index (χ0v) is 9.84. The van der Waals surface area contributed by atoms with E-state index >= 15 is 0 Å². The molecule has 0 saturated heterocycles. The van der Waals surface area contributed by atoms with Crippen LogP contribution < -0.4 is 0 Å². The van der Waals surface area contributed by atoms with Gasteiger partial charge in [-0.1, -0.05) is 30.3 Å². The summed E-state index contributed by atoms with van der Waals surface area (Å²) in [5.74, 6) is -0.150. The first-order valence-corrected chi connectivity index (χ1v) is 6.14. The lowest BCUT2D eigenvalue weighted by molar-refractivity contribution is -0.151. The van der Waals surface area contributed by atoms with Crippen LogP contribution in [0.5, 0.6) is 0 Å². The summed E-state index contributed by atoms with van der Waals surface area (Å²) < 4.78 is 5.28. The third-order valence-corrected chi connectivity index (χ3v) is 3.25. The highest BCUT2D eigenvalue weighted by atomic mass is 16.5. The molecule has 3 nitrogen and oxygen atoms in total. The van der Waals surface area contributed by atoms with E-state index in [2.05, 4.69) is 0 Å². The summed E-state index contributed by atoms with van der Waals surface area (Å²) >= 11 is 0. The van der Waals surface area contributed by atoms with Crippen LogP contribution in [0, 0.1) is 5.92 Å². The van der Waals surface area contributed by atoms with Gasteiger partial charge in [0, 0.05) is 0 Å². The molecule has 0 radical (unpaired) electrons. The quantitative estimate of drug-likeness (QED) is 0.816. The van der Waals surface area contributed by atoms with Crippen molar-refractivity contribution < 1.29 is 14.6 Å². The molecule has 0 unspecified atom stereocenters. The fraction of sp³-hybridized carbons (Fsp3) is 0.500. The van der Waals surface area contributed by atoms with Gasteiger partial charge in [-0.2, -0.15) is 0 Å². The lowest BCUT2D eigenvalue weighted by Crippen LogP contribution is -2.25. The van der Waals surface area contributed by atoms with E-state index in [1.807, 2.05) is 30.3 Å². The number of carbonyl (C=O) groups is 1. The fourth-order valence-corrected chi connectivity index (χ4v) is 2.16. The van der Waals surface area contributed by atoms with Crippen molar-refractivity contribution in [1.82, 2.24) is 0 Å². The molecule has 0 heterocycles. The third-order valence-electron chi connectivity index (χ3n) is 3.25. The van der Waals surface area contributed by atoms with E-state index in [9.17, 15) is 9.90 Å². The predicted octanol–water partition coefficient (Wildman–Crippen LogP) is 2.28. The first kappa shape index (κ1) is 12.1. The number of aliphatic hydroxyl groups excluding tert-OH is 1. The monoisotopic (exact) mass is 234 g/mol. The molecule has 3 heteroatoms. The third kappa shape index (κ3) is 3.56. The van der Waals surface area contributed by atoms with Crippen molar-refractivity contribution in [2.75, 3.05) is 0 Å². The molecule has 2 rings (SSSR count). The van der Waals surface area contributed by atoms with Gasteiger partial charge in [0.25, 0.3) is 0 Å². The molecule has 0 aliphatic heterocycles. The van der Waals surface area contributed by atoms with E-state index in [1.165, 1.54) is 0 Å². The number of ether oxygens (including phenoxy) is 1. The number of hydrogen-bond donors (Lipinski definition) is 1. The van der Waals surface area contributed by atoms with Crippen molar-refractivity contribution in [3.05, 3.63) is 35.9 Å². The van der Waals surface area contributed by atoms with Crippen LogP contribution in [0.15, 0.2) is 30.3 Å². The van der Waals surface area contributed by atoms with Gasteiger partial charge in [0.2, 0.25) is 0 Å². The lowest BCUT2D eigenvalue weighted by atomic mass is 9.87. The van der Waals surface area contributed by atoms with Crippen LogP contribution in [0.1, 0.15) is 31.2 Å². The Morgan fingerprint density at radius 2 is 1.82 bits per heavy atom. The Kier molecular flexibility index (Phi) is 4.15. The summed E-state index contributed by atoms with van der Waals surface area (Å²) in [6.45, 7) is 0.346. The molecule has 1 N–H and O–H groups in total. The minimum Gasteiger partial charge on any atom is -0.461 e. The molecular formula is C14H18O3. The van der Waals surface area contributed by atoms with Gasteiger partial charge >= 0.3 is 5.97 Å². The Bertz CT molecular complexity index is 353. The molecule has 92 valence electrons. The highest BCUT2D eigenvalue weighted by Crippen LogP contribution is 2.25. The maximum atomic E-state index is 11.8. The number of rotatable bonds is 3. The van der Waals surface area contributed by atoms with Crippen molar-refractivity contribution in [1.29, 1.82) is 0 Å². The maximum absolute atomic E-state index is 11.8. The molecule has 0 spiro atoms. The summed E-state index contributed by atoms with van der Waals surface area (Å²) in [6.07, 6.45) is 2.69. The van der Waals surface area contributed by atoms with Gasteiger partial charge in [0.1, 0.15) is 6.61 Å². The summed E-state index contributed by atoms with van der Waals surface area (Å²) in [5.41, 5.74) is 1.01. The molecule has 1 aliphatic rings. The van der Waals surface area contributed by atoms with Gasteiger partial charge in [-0.05, 0) is 31.2 Å². The van der Waals surface area contributed by atoms with Crippen molar-refractivity contribution in [2.24, 2.45) is 5.92 Å². The molecule has 17 heavy (non-hydrogen) atoms. The Balaban J connectivity index is 1.78.